The van der Waals surface area contributed by atoms with Gasteiger partial charge in [-0.15, -0.1) is 11.8 Å². The van der Waals surface area contributed by atoms with Gasteiger partial charge in [-0.25, -0.2) is 4.98 Å². The average Bonchev–Trinajstić information content (AvgIpc) is 3.28. The van der Waals surface area contributed by atoms with Crippen molar-refractivity contribution >= 4 is 44.4 Å². The van der Waals surface area contributed by atoms with Crippen molar-refractivity contribution in [3.63, 3.8) is 0 Å². The van der Waals surface area contributed by atoms with Crippen LogP contribution in [0.25, 0.3) is 10.2 Å². The van der Waals surface area contributed by atoms with E-state index < -0.39 is 0 Å². The number of benzene rings is 2. The zero-order valence-corrected chi connectivity index (χ0v) is 19.7. The van der Waals surface area contributed by atoms with Crippen LogP contribution in [0, 0.1) is 0 Å². The molecule has 2 aromatic heterocycles. The molecule has 0 N–H and O–H groups in total. The van der Waals surface area contributed by atoms with Crippen LogP contribution in [0.3, 0.4) is 0 Å². The summed E-state index contributed by atoms with van der Waals surface area (Å²) in [4.78, 5) is 25.6. The number of thiazole rings is 1. The molecular formula is C24H23N3O3S2. The monoisotopic (exact) mass is 465 g/mol. The minimum atomic E-state index is -0.133. The Labute approximate surface area is 195 Å². The van der Waals surface area contributed by atoms with E-state index in [0.717, 1.165) is 21.0 Å². The van der Waals surface area contributed by atoms with Crippen LogP contribution in [0.2, 0.25) is 0 Å². The first kappa shape index (κ1) is 22.1. The predicted molar refractivity (Wildman–Crippen MR) is 130 cm³/mol. The molecule has 164 valence electrons. The molecule has 2 heterocycles. The highest BCUT2D eigenvalue weighted by molar-refractivity contribution is 7.99. The number of amides is 1. The number of anilines is 1. The second-order valence-corrected chi connectivity index (χ2v) is 9.13. The first-order chi connectivity index (χ1) is 15.6. The molecular weight excluding hydrogens is 442 g/mol. The Kier molecular flexibility index (Phi) is 6.92. The van der Waals surface area contributed by atoms with Crippen molar-refractivity contribution in [1.29, 1.82) is 0 Å². The molecule has 4 rings (SSSR count). The summed E-state index contributed by atoms with van der Waals surface area (Å²) in [5.74, 6) is 2.13. The van der Waals surface area contributed by atoms with Gasteiger partial charge >= 0.3 is 0 Å². The number of rotatable bonds is 8. The normalized spacial score (nSPS) is 10.8. The van der Waals surface area contributed by atoms with Crippen molar-refractivity contribution in [2.24, 2.45) is 0 Å². The summed E-state index contributed by atoms with van der Waals surface area (Å²) in [7, 11) is 3.22. The fourth-order valence-electron chi connectivity index (χ4n) is 3.31. The Morgan fingerprint density at radius 2 is 1.88 bits per heavy atom. The van der Waals surface area contributed by atoms with Crippen molar-refractivity contribution in [3.05, 3.63) is 72.1 Å². The second-order valence-electron chi connectivity index (χ2n) is 6.82. The number of hydrogen-bond donors (Lipinski definition) is 0. The van der Waals surface area contributed by atoms with Gasteiger partial charge in [-0.2, -0.15) is 0 Å². The van der Waals surface area contributed by atoms with E-state index in [1.165, 1.54) is 11.3 Å². The van der Waals surface area contributed by atoms with Gasteiger partial charge in [0.2, 0.25) is 0 Å². The van der Waals surface area contributed by atoms with E-state index in [1.54, 1.807) is 37.1 Å². The molecule has 0 bridgehead atoms. The quantitative estimate of drug-likeness (QED) is 0.313. The number of aromatic nitrogens is 2. The van der Waals surface area contributed by atoms with Crippen molar-refractivity contribution < 1.29 is 14.3 Å². The highest BCUT2D eigenvalue weighted by atomic mass is 32.2. The van der Waals surface area contributed by atoms with Gasteiger partial charge in [0.1, 0.15) is 21.7 Å². The summed E-state index contributed by atoms with van der Waals surface area (Å²) in [6.45, 7) is 2.39. The third-order valence-corrected chi connectivity index (χ3v) is 6.78. The van der Waals surface area contributed by atoms with E-state index in [4.69, 9.17) is 14.5 Å². The third-order valence-electron chi connectivity index (χ3n) is 4.81. The van der Waals surface area contributed by atoms with Gasteiger partial charge < -0.3 is 9.47 Å². The molecule has 0 aliphatic heterocycles. The van der Waals surface area contributed by atoms with Gasteiger partial charge in [-0.1, -0.05) is 30.4 Å². The lowest BCUT2D eigenvalue weighted by atomic mass is 10.2. The van der Waals surface area contributed by atoms with Crippen molar-refractivity contribution in [2.45, 2.75) is 18.4 Å². The number of fused-ring (bicyclic) bond motifs is 1. The Bertz CT molecular complexity index is 1190. The van der Waals surface area contributed by atoms with E-state index in [9.17, 15) is 4.79 Å². The van der Waals surface area contributed by atoms with Gasteiger partial charge in [-0.05, 0) is 48.2 Å². The number of carbonyl (C=O) groups excluding carboxylic acids is 1. The second kappa shape index (κ2) is 10.0. The van der Waals surface area contributed by atoms with E-state index in [-0.39, 0.29) is 5.91 Å². The van der Waals surface area contributed by atoms with E-state index in [0.29, 0.717) is 34.3 Å². The standard InChI is InChI=1S/C24H23N3O3S2/c1-4-31-18-10-7-8-16(14-18)23(28)27(15-17-9-5-6-13-25-17)24-26-21-19(29-2)11-12-20(30-3)22(21)32-24/h5-14H,4,15H2,1-3H3. The molecule has 6 nitrogen and oxygen atoms in total. The zero-order valence-electron chi connectivity index (χ0n) is 18.1. The van der Waals surface area contributed by atoms with Gasteiger partial charge in [-0.3, -0.25) is 14.7 Å². The minimum Gasteiger partial charge on any atom is -0.495 e. The maximum atomic E-state index is 13.7. The molecule has 0 saturated carbocycles. The third kappa shape index (κ3) is 4.56. The lowest BCUT2D eigenvalue weighted by Gasteiger charge is -2.20. The first-order valence-corrected chi connectivity index (χ1v) is 11.9. The maximum Gasteiger partial charge on any atom is 0.260 e. The summed E-state index contributed by atoms with van der Waals surface area (Å²) in [5, 5.41) is 0.562. The van der Waals surface area contributed by atoms with Gasteiger partial charge in [0.25, 0.3) is 5.91 Å². The number of ether oxygens (including phenoxy) is 2. The Morgan fingerprint density at radius 1 is 1.06 bits per heavy atom. The molecule has 8 heteroatoms. The molecule has 32 heavy (non-hydrogen) atoms. The number of nitrogens with zero attached hydrogens (tertiary/aromatic N) is 3. The van der Waals surface area contributed by atoms with Gasteiger partial charge in [0, 0.05) is 16.7 Å². The highest BCUT2D eigenvalue weighted by Crippen LogP contribution is 2.40. The molecule has 0 unspecified atom stereocenters. The van der Waals surface area contributed by atoms with E-state index in [1.807, 2.05) is 54.6 Å². The fraction of sp³-hybridized carbons (Fsp3) is 0.208. The Morgan fingerprint density at radius 3 is 2.59 bits per heavy atom. The van der Waals surface area contributed by atoms with Crippen LogP contribution in [0.1, 0.15) is 23.0 Å². The predicted octanol–water partition coefficient (Wildman–Crippen LogP) is 5.67. The van der Waals surface area contributed by atoms with Gasteiger partial charge in [0.15, 0.2) is 5.13 Å². The molecule has 0 aliphatic carbocycles. The molecule has 0 radical (unpaired) electrons. The van der Waals surface area contributed by atoms with Crippen molar-refractivity contribution in [3.8, 4) is 11.5 Å². The van der Waals surface area contributed by atoms with Crippen LogP contribution in [-0.4, -0.2) is 35.8 Å². The van der Waals surface area contributed by atoms with Gasteiger partial charge in [0.05, 0.1) is 26.5 Å². The summed E-state index contributed by atoms with van der Waals surface area (Å²) >= 11 is 3.10. The van der Waals surface area contributed by atoms with Crippen molar-refractivity contribution in [1.82, 2.24) is 9.97 Å². The molecule has 1 amide bonds. The fourth-order valence-corrected chi connectivity index (χ4v) is 5.10. The van der Waals surface area contributed by atoms with Crippen LogP contribution in [-0.2, 0) is 6.54 Å². The van der Waals surface area contributed by atoms with Crippen LogP contribution < -0.4 is 14.4 Å². The van der Waals surface area contributed by atoms with Crippen LogP contribution in [0.4, 0.5) is 5.13 Å². The molecule has 0 fully saturated rings. The Balaban J connectivity index is 1.81. The molecule has 0 saturated heterocycles. The molecule has 2 aromatic carbocycles. The average molecular weight is 466 g/mol. The molecule has 0 aliphatic rings. The SMILES string of the molecule is CCSc1cccc(C(=O)N(Cc2ccccn2)c2nc3c(OC)ccc(OC)c3s2)c1. The maximum absolute atomic E-state index is 13.7. The highest BCUT2D eigenvalue weighted by Gasteiger charge is 2.24. The number of pyridine rings is 1. The summed E-state index contributed by atoms with van der Waals surface area (Å²) in [5.41, 5.74) is 2.05. The summed E-state index contributed by atoms with van der Waals surface area (Å²) in [6.07, 6.45) is 1.72. The first-order valence-electron chi connectivity index (χ1n) is 10.1. The molecule has 0 atom stereocenters. The van der Waals surface area contributed by atoms with Crippen LogP contribution in [0.5, 0.6) is 11.5 Å². The van der Waals surface area contributed by atoms with E-state index in [2.05, 4.69) is 11.9 Å². The number of hydrogen-bond acceptors (Lipinski definition) is 7. The van der Waals surface area contributed by atoms with E-state index >= 15 is 0 Å². The summed E-state index contributed by atoms with van der Waals surface area (Å²) < 4.78 is 11.8. The number of carbonyl (C=O) groups is 1. The summed E-state index contributed by atoms with van der Waals surface area (Å²) in [6, 6.07) is 17.0. The largest absolute Gasteiger partial charge is 0.495 e. The zero-order chi connectivity index (χ0) is 22.5. The minimum absolute atomic E-state index is 0.133. The molecule has 4 aromatic rings. The lowest BCUT2D eigenvalue weighted by molar-refractivity contribution is 0.0984. The smallest absolute Gasteiger partial charge is 0.260 e. The number of methoxy groups -OCH3 is 2. The number of thioether (sulfide) groups is 1. The lowest BCUT2D eigenvalue weighted by Crippen LogP contribution is -2.30. The molecule has 0 spiro atoms. The van der Waals surface area contributed by atoms with Crippen LogP contribution in [0.15, 0.2) is 65.7 Å². The topological polar surface area (TPSA) is 64.6 Å². The Hall–Kier alpha value is -3.10. The van der Waals surface area contributed by atoms with Crippen LogP contribution >= 0.6 is 23.1 Å². The van der Waals surface area contributed by atoms with Crippen molar-refractivity contribution in [2.75, 3.05) is 24.9 Å².